The van der Waals surface area contributed by atoms with Gasteiger partial charge in [-0.25, -0.2) is 0 Å². The summed E-state index contributed by atoms with van der Waals surface area (Å²) in [6.45, 7) is 5.76. The summed E-state index contributed by atoms with van der Waals surface area (Å²) in [5, 5.41) is 0. The standard InChI is InChI=1S/C8H18O3Si/c1-5-7(6-2)8(9-3,10-4)11-12/h5,7H,1,6H2,2-4,12H3. The number of ether oxygens (including phenoxy) is 2. The van der Waals surface area contributed by atoms with Gasteiger partial charge in [-0.1, -0.05) is 13.0 Å². The number of hydrogen-bond acceptors (Lipinski definition) is 3. The highest BCUT2D eigenvalue weighted by atomic mass is 28.2. The lowest BCUT2D eigenvalue weighted by atomic mass is 10.0. The van der Waals surface area contributed by atoms with Crippen molar-refractivity contribution in [1.29, 1.82) is 0 Å². The maximum absolute atomic E-state index is 5.30. The molecule has 1 unspecified atom stereocenters. The van der Waals surface area contributed by atoms with Crippen LogP contribution in [0.5, 0.6) is 0 Å². The van der Waals surface area contributed by atoms with Crippen molar-refractivity contribution >= 4 is 10.5 Å². The second kappa shape index (κ2) is 5.48. The fourth-order valence-corrected chi connectivity index (χ4v) is 1.90. The van der Waals surface area contributed by atoms with Crippen LogP contribution in [0.3, 0.4) is 0 Å². The number of hydrogen-bond donors (Lipinski definition) is 0. The van der Waals surface area contributed by atoms with Gasteiger partial charge >= 0.3 is 0 Å². The third kappa shape index (κ3) is 2.16. The quantitative estimate of drug-likeness (QED) is 0.346. The van der Waals surface area contributed by atoms with E-state index in [9.17, 15) is 0 Å². The second-order valence-corrected chi connectivity index (χ2v) is 2.87. The van der Waals surface area contributed by atoms with Gasteiger partial charge in [-0.2, -0.15) is 0 Å². The summed E-state index contributed by atoms with van der Waals surface area (Å²) in [6.07, 6.45) is 2.68. The van der Waals surface area contributed by atoms with Crippen molar-refractivity contribution in [3.63, 3.8) is 0 Å². The van der Waals surface area contributed by atoms with Gasteiger partial charge in [0.15, 0.2) is 10.5 Å². The van der Waals surface area contributed by atoms with Crippen molar-refractivity contribution in [2.75, 3.05) is 14.2 Å². The Kier molecular flexibility index (Phi) is 5.40. The molecule has 0 heterocycles. The number of rotatable bonds is 6. The van der Waals surface area contributed by atoms with Gasteiger partial charge < -0.3 is 13.9 Å². The zero-order chi connectivity index (χ0) is 9.61. The van der Waals surface area contributed by atoms with E-state index in [1.165, 1.54) is 0 Å². The van der Waals surface area contributed by atoms with E-state index in [2.05, 4.69) is 6.58 Å². The van der Waals surface area contributed by atoms with Gasteiger partial charge in [0.2, 0.25) is 0 Å². The Morgan fingerprint density at radius 2 is 2.00 bits per heavy atom. The van der Waals surface area contributed by atoms with Crippen LogP contribution in [-0.2, 0) is 13.9 Å². The average molecular weight is 190 g/mol. The molecule has 0 aliphatic carbocycles. The highest BCUT2D eigenvalue weighted by Crippen LogP contribution is 2.26. The van der Waals surface area contributed by atoms with Crippen molar-refractivity contribution in [2.45, 2.75) is 19.3 Å². The van der Waals surface area contributed by atoms with E-state index in [0.29, 0.717) is 10.5 Å². The fraction of sp³-hybridized carbons (Fsp3) is 0.750. The molecule has 0 aromatic rings. The first-order chi connectivity index (χ1) is 5.70. The van der Waals surface area contributed by atoms with Gasteiger partial charge in [-0.05, 0) is 6.42 Å². The maximum Gasteiger partial charge on any atom is 0.278 e. The Labute approximate surface area is 77.2 Å². The molecule has 0 aliphatic rings. The molecule has 0 amide bonds. The van der Waals surface area contributed by atoms with Crippen molar-refractivity contribution in [3.05, 3.63) is 12.7 Å². The predicted octanol–water partition coefficient (Wildman–Crippen LogP) is 0.442. The Morgan fingerprint density at radius 3 is 2.08 bits per heavy atom. The van der Waals surface area contributed by atoms with Crippen LogP contribution in [0, 0.1) is 5.92 Å². The van der Waals surface area contributed by atoms with Gasteiger partial charge in [0.05, 0.1) is 5.92 Å². The first kappa shape index (κ1) is 11.8. The van der Waals surface area contributed by atoms with Crippen molar-refractivity contribution in [3.8, 4) is 0 Å². The van der Waals surface area contributed by atoms with Gasteiger partial charge in [0.25, 0.3) is 5.97 Å². The molecule has 0 aliphatic heterocycles. The van der Waals surface area contributed by atoms with Crippen LogP contribution in [0.1, 0.15) is 13.3 Å². The molecule has 0 radical (unpaired) electrons. The van der Waals surface area contributed by atoms with Crippen LogP contribution in [0.4, 0.5) is 0 Å². The van der Waals surface area contributed by atoms with E-state index in [1.54, 1.807) is 20.3 Å². The molecule has 3 nitrogen and oxygen atoms in total. The zero-order valence-electron chi connectivity index (χ0n) is 8.29. The highest BCUT2D eigenvalue weighted by molar-refractivity contribution is 5.98. The topological polar surface area (TPSA) is 27.7 Å². The molecule has 4 heteroatoms. The van der Waals surface area contributed by atoms with E-state index < -0.39 is 5.97 Å². The van der Waals surface area contributed by atoms with Gasteiger partial charge in [0.1, 0.15) is 0 Å². The van der Waals surface area contributed by atoms with Crippen LogP contribution in [-0.4, -0.2) is 30.7 Å². The fourth-order valence-electron chi connectivity index (χ4n) is 1.27. The molecule has 0 rings (SSSR count). The lowest BCUT2D eigenvalue weighted by molar-refractivity contribution is -0.342. The van der Waals surface area contributed by atoms with Crippen LogP contribution in [0.15, 0.2) is 12.7 Å². The molecule has 1 atom stereocenters. The second-order valence-electron chi connectivity index (χ2n) is 2.47. The SMILES string of the molecule is C=CC(CC)C(OC)(OC)O[SiH3]. The third-order valence-electron chi connectivity index (χ3n) is 2.03. The molecule has 0 aromatic heterocycles. The summed E-state index contributed by atoms with van der Waals surface area (Å²) < 4.78 is 15.7. The van der Waals surface area contributed by atoms with E-state index in [-0.39, 0.29) is 5.92 Å². The smallest absolute Gasteiger partial charge is 0.278 e. The maximum atomic E-state index is 5.30. The van der Waals surface area contributed by atoms with Crippen LogP contribution in [0.25, 0.3) is 0 Å². The van der Waals surface area contributed by atoms with E-state index in [4.69, 9.17) is 13.9 Å². The summed E-state index contributed by atoms with van der Waals surface area (Å²) in [5.74, 6) is -0.840. The van der Waals surface area contributed by atoms with Crippen LogP contribution in [0.2, 0.25) is 0 Å². The summed E-state index contributed by atoms with van der Waals surface area (Å²) in [4.78, 5) is 0. The molecule has 0 saturated carbocycles. The Balaban J connectivity index is 4.53. The zero-order valence-corrected chi connectivity index (χ0v) is 10.3. The predicted molar refractivity (Wildman–Crippen MR) is 51.8 cm³/mol. The van der Waals surface area contributed by atoms with Crippen molar-refractivity contribution < 1.29 is 13.9 Å². The molecule has 0 spiro atoms. The third-order valence-corrected chi connectivity index (χ3v) is 2.60. The lowest BCUT2D eigenvalue weighted by Gasteiger charge is -2.34. The van der Waals surface area contributed by atoms with E-state index in [1.807, 2.05) is 6.92 Å². The Hall–Kier alpha value is -0.163. The normalized spacial score (nSPS) is 14.6. The minimum Gasteiger partial charge on any atom is -0.380 e. The largest absolute Gasteiger partial charge is 0.380 e. The molecule has 0 bridgehead atoms. The average Bonchev–Trinajstić information content (AvgIpc) is 2.14. The first-order valence-electron chi connectivity index (χ1n) is 3.98. The molecule has 72 valence electrons. The summed E-state index contributed by atoms with van der Waals surface area (Å²) >= 11 is 0. The molecule has 0 N–H and O–H groups in total. The van der Waals surface area contributed by atoms with E-state index >= 15 is 0 Å². The van der Waals surface area contributed by atoms with Crippen molar-refractivity contribution in [1.82, 2.24) is 0 Å². The summed E-state index contributed by atoms with van der Waals surface area (Å²) in [5.41, 5.74) is 0. The molecular formula is C8H18O3Si. The summed E-state index contributed by atoms with van der Waals surface area (Å²) in [6, 6.07) is 0. The van der Waals surface area contributed by atoms with Crippen LogP contribution >= 0.6 is 0 Å². The molecule has 0 fully saturated rings. The Morgan fingerprint density at radius 1 is 1.50 bits per heavy atom. The van der Waals surface area contributed by atoms with Gasteiger partial charge in [-0.3, -0.25) is 0 Å². The first-order valence-corrected chi connectivity index (χ1v) is 4.80. The van der Waals surface area contributed by atoms with Gasteiger partial charge in [-0.15, -0.1) is 6.58 Å². The molecule has 12 heavy (non-hydrogen) atoms. The highest BCUT2D eigenvalue weighted by Gasteiger charge is 2.36. The minimum absolute atomic E-state index is 0.0741. The summed E-state index contributed by atoms with van der Waals surface area (Å²) in [7, 11) is 3.73. The van der Waals surface area contributed by atoms with Gasteiger partial charge in [0, 0.05) is 14.2 Å². The molecule has 0 saturated heterocycles. The Bertz CT molecular complexity index is 126. The number of methoxy groups -OCH3 is 2. The molecule has 0 aromatic carbocycles. The van der Waals surface area contributed by atoms with Crippen molar-refractivity contribution in [2.24, 2.45) is 5.92 Å². The van der Waals surface area contributed by atoms with Crippen LogP contribution < -0.4 is 0 Å². The lowest BCUT2D eigenvalue weighted by Crippen LogP contribution is -2.43. The molecular weight excluding hydrogens is 172 g/mol. The monoisotopic (exact) mass is 190 g/mol. The van der Waals surface area contributed by atoms with E-state index in [0.717, 1.165) is 6.42 Å². The minimum atomic E-state index is -0.914.